The molecule has 1 aromatic carbocycles. The normalized spacial score (nSPS) is 10.7. The van der Waals surface area contributed by atoms with Crippen molar-refractivity contribution in [2.24, 2.45) is 0 Å². The number of rotatable bonds is 2. The molecule has 0 unspecified atom stereocenters. The highest BCUT2D eigenvalue weighted by molar-refractivity contribution is 6.31. The lowest BCUT2D eigenvalue weighted by molar-refractivity contribution is -0.0759. The van der Waals surface area contributed by atoms with Crippen molar-refractivity contribution in [3.05, 3.63) is 39.1 Å². The summed E-state index contributed by atoms with van der Waals surface area (Å²) in [6.45, 7) is 0. The van der Waals surface area contributed by atoms with E-state index in [1.54, 1.807) is 12.1 Å². The lowest BCUT2D eigenvalue weighted by atomic mass is 10.1. The van der Waals surface area contributed by atoms with Gasteiger partial charge in [-0.1, -0.05) is 11.6 Å². The van der Waals surface area contributed by atoms with Gasteiger partial charge < -0.3 is 10.1 Å². The fourth-order valence-corrected chi connectivity index (χ4v) is 1.86. The van der Waals surface area contributed by atoms with E-state index >= 15 is 0 Å². The smallest absolute Gasteiger partial charge is 0.286 e. The number of pyridine rings is 1. The molecule has 2 aromatic rings. The molecular weight excluding hydrogens is 272 g/mol. The molecule has 6 nitrogen and oxygen atoms in total. The number of benzene rings is 1. The van der Waals surface area contributed by atoms with Gasteiger partial charge in [-0.05, 0) is 18.2 Å². The van der Waals surface area contributed by atoms with Gasteiger partial charge >= 0.3 is 0 Å². The molecule has 0 fully saturated rings. The first-order valence-corrected chi connectivity index (χ1v) is 5.70. The Hall–Kier alpha value is -2.05. The summed E-state index contributed by atoms with van der Waals surface area (Å²) in [5, 5.41) is 11.6. The molecule has 1 aromatic heterocycles. The molecule has 0 aliphatic rings. The van der Waals surface area contributed by atoms with Crippen LogP contribution in [0.4, 0.5) is 0 Å². The summed E-state index contributed by atoms with van der Waals surface area (Å²) in [5.74, 6) is -1.17. The summed E-state index contributed by atoms with van der Waals surface area (Å²) in [6, 6.07) is 4.58. The average molecular weight is 283 g/mol. The molecule has 1 heterocycles. The van der Waals surface area contributed by atoms with Crippen LogP contribution < -0.4 is 5.56 Å². The standard InChI is InChI=1S/C12H11ClN2O4/c1-15(19-2)12(18)9-10(16)7-5-6(13)3-4-8(7)14-11(9)17/h3-5H,1-2H3,(H2,14,16,17). The van der Waals surface area contributed by atoms with E-state index in [9.17, 15) is 14.7 Å². The second kappa shape index (κ2) is 4.91. The van der Waals surface area contributed by atoms with E-state index in [1.165, 1.54) is 20.2 Å². The van der Waals surface area contributed by atoms with Crippen LogP contribution in [0.1, 0.15) is 10.4 Å². The summed E-state index contributed by atoms with van der Waals surface area (Å²) in [7, 11) is 2.62. The van der Waals surface area contributed by atoms with E-state index in [2.05, 4.69) is 4.98 Å². The molecule has 2 N–H and O–H groups in total. The summed E-state index contributed by atoms with van der Waals surface area (Å²) in [4.78, 5) is 31.0. The number of H-pyrrole nitrogens is 1. The van der Waals surface area contributed by atoms with Crippen LogP contribution in [0.5, 0.6) is 5.75 Å². The second-order valence-corrected chi connectivity index (χ2v) is 4.29. The fraction of sp³-hybridized carbons (Fsp3) is 0.167. The third-order valence-corrected chi connectivity index (χ3v) is 2.96. The minimum absolute atomic E-state index is 0.292. The van der Waals surface area contributed by atoms with E-state index in [0.29, 0.717) is 15.9 Å². The Bertz CT molecular complexity index is 711. The number of carbonyl (C=O) groups is 1. The number of hydrogen-bond acceptors (Lipinski definition) is 4. The van der Waals surface area contributed by atoms with Crippen molar-refractivity contribution in [3.8, 4) is 5.75 Å². The highest BCUT2D eigenvalue weighted by Crippen LogP contribution is 2.27. The minimum Gasteiger partial charge on any atom is -0.506 e. The zero-order valence-corrected chi connectivity index (χ0v) is 11.0. The first-order valence-electron chi connectivity index (χ1n) is 5.32. The topological polar surface area (TPSA) is 82.6 Å². The lowest BCUT2D eigenvalue weighted by Gasteiger charge is -2.14. The number of hydrogen-bond donors (Lipinski definition) is 2. The van der Waals surface area contributed by atoms with Crippen LogP contribution in [-0.2, 0) is 4.84 Å². The summed E-state index contributed by atoms with van der Waals surface area (Å²) in [5.41, 5.74) is -0.691. The Labute approximate surface area is 113 Å². The number of hydroxylamine groups is 2. The summed E-state index contributed by atoms with van der Waals surface area (Å²) >= 11 is 5.83. The van der Waals surface area contributed by atoms with Crippen molar-refractivity contribution < 1.29 is 14.7 Å². The maximum Gasteiger partial charge on any atom is 0.286 e. The number of halogens is 1. The number of aromatic hydroxyl groups is 1. The first-order chi connectivity index (χ1) is 8.95. The number of amides is 1. The number of aromatic nitrogens is 1. The maximum atomic E-state index is 11.9. The van der Waals surface area contributed by atoms with Crippen LogP contribution in [0.15, 0.2) is 23.0 Å². The van der Waals surface area contributed by atoms with E-state index in [4.69, 9.17) is 16.4 Å². The van der Waals surface area contributed by atoms with Crippen molar-refractivity contribution in [2.45, 2.75) is 0 Å². The van der Waals surface area contributed by atoms with Crippen LogP contribution in [-0.4, -0.2) is 35.2 Å². The molecular formula is C12H11ClN2O4. The molecule has 0 saturated carbocycles. The average Bonchev–Trinajstić information content (AvgIpc) is 2.38. The molecule has 7 heteroatoms. The van der Waals surface area contributed by atoms with Gasteiger partial charge in [0.05, 0.1) is 12.6 Å². The van der Waals surface area contributed by atoms with Gasteiger partial charge in [0.25, 0.3) is 11.5 Å². The predicted octanol–water partition coefficient (Wildman–Crippen LogP) is 1.52. The molecule has 0 aliphatic heterocycles. The zero-order valence-electron chi connectivity index (χ0n) is 10.2. The SMILES string of the molecule is CON(C)C(=O)c1c(O)c2cc(Cl)ccc2[nH]c1=O. The largest absolute Gasteiger partial charge is 0.506 e. The minimum atomic E-state index is -0.747. The van der Waals surface area contributed by atoms with Crippen LogP contribution >= 0.6 is 11.6 Å². The number of aromatic amines is 1. The van der Waals surface area contributed by atoms with Crippen LogP contribution in [0.3, 0.4) is 0 Å². The van der Waals surface area contributed by atoms with Crippen molar-refractivity contribution in [1.29, 1.82) is 0 Å². The Kier molecular flexibility index (Phi) is 3.46. The summed E-state index contributed by atoms with van der Waals surface area (Å²) in [6.07, 6.45) is 0. The molecule has 0 radical (unpaired) electrons. The lowest BCUT2D eigenvalue weighted by Crippen LogP contribution is -2.31. The molecule has 0 atom stereocenters. The third kappa shape index (κ3) is 2.27. The Morgan fingerprint density at radius 3 is 2.79 bits per heavy atom. The fourth-order valence-electron chi connectivity index (χ4n) is 1.69. The summed E-state index contributed by atoms with van der Waals surface area (Å²) < 4.78 is 0. The number of carbonyl (C=O) groups excluding carboxylic acids is 1. The number of nitrogens with zero attached hydrogens (tertiary/aromatic N) is 1. The molecule has 2 rings (SSSR count). The van der Waals surface area contributed by atoms with Gasteiger partial charge in [0.1, 0.15) is 11.3 Å². The van der Waals surface area contributed by atoms with E-state index in [1.807, 2.05) is 0 Å². The highest BCUT2D eigenvalue weighted by atomic mass is 35.5. The molecule has 19 heavy (non-hydrogen) atoms. The molecule has 0 saturated heterocycles. The van der Waals surface area contributed by atoms with Crippen LogP contribution in [0.2, 0.25) is 5.02 Å². The molecule has 0 bridgehead atoms. The van der Waals surface area contributed by atoms with Gasteiger partial charge in [-0.15, -0.1) is 0 Å². The number of nitrogens with one attached hydrogen (secondary N) is 1. The van der Waals surface area contributed by atoms with Crippen LogP contribution in [0.25, 0.3) is 10.9 Å². The van der Waals surface area contributed by atoms with Gasteiger partial charge in [-0.25, -0.2) is 5.06 Å². The first kappa shape index (κ1) is 13.4. The van der Waals surface area contributed by atoms with E-state index in [-0.39, 0.29) is 5.56 Å². The highest BCUT2D eigenvalue weighted by Gasteiger charge is 2.22. The second-order valence-electron chi connectivity index (χ2n) is 3.85. The van der Waals surface area contributed by atoms with Crippen molar-refractivity contribution in [3.63, 3.8) is 0 Å². The molecule has 1 amide bonds. The predicted molar refractivity (Wildman–Crippen MR) is 70.3 cm³/mol. The molecule has 0 aliphatic carbocycles. The van der Waals surface area contributed by atoms with E-state index in [0.717, 1.165) is 5.06 Å². The van der Waals surface area contributed by atoms with Gasteiger partial charge in [-0.2, -0.15) is 0 Å². The molecule has 0 spiro atoms. The molecule has 100 valence electrons. The van der Waals surface area contributed by atoms with E-state index < -0.39 is 17.2 Å². The Balaban J connectivity index is 2.75. The van der Waals surface area contributed by atoms with Crippen LogP contribution in [0, 0.1) is 0 Å². The van der Waals surface area contributed by atoms with Gasteiger partial charge in [-0.3, -0.25) is 14.4 Å². The zero-order chi connectivity index (χ0) is 14.2. The van der Waals surface area contributed by atoms with Gasteiger partial charge in [0.15, 0.2) is 0 Å². The van der Waals surface area contributed by atoms with Gasteiger partial charge in [0, 0.05) is 17.5 Å². The Morgan fingerprint density at radius 1 is 1.47 bits per heavy atom. The number of fused-ring (bicyclic) bond motifs is 1. The Morgan fingerprint density at radius 2 is 2.16 bits per heavy atom. The third-order valence-electron chi connectivity index (χ3n) is 2.72. The quantitative estimate of drug-likeness (QED) is 0.818. The van der Waals surface area contributed by atoms with Crippen molar-refractivity contribution in [2.75, 3.05) is 14.2 Å². The van der Waals surface area contributed by atoms with Crippen molar-refractivity contribution in [1.82, 2.24) is 10.0 Å². The van der Waals surface area contributed by atoms with Gasteiger partial charge in [0.2, 0.25) is 0 Å². The maximum absolute atomic E-state index is 11.9. The monoisotopic (exact) mass is 282 g/mol. The van der Waals surface area contributed by atoms with Crippen molar-refractivity contribution >= 4 is 28.4 Å².